The highest BCUT2D eigenvalue weighted by molar-refractivity contribution is 6.30. The number of hydrogen-bond acceptors (Lipinski definition) is 4. The van der Waals surface area contributed by atoms with Gasteiger partial charge in [-0.3, -0.25) is 0 Å². The molecule has 1 aromatic heterocycles. The molecule has 1 aliphatic rings. The summed E-state index contributed by atoms with van der Waals surface area (Å²) in [6.45, 7) is 0. The molecule has 0 saturated heterocycles. The Morgan fingerprint density at radius 3 is 2.44 bits per heavy atom. The zero-order valence-electron chi connectivity index (χ0n) is 18.1. The summed E-state index contributed by atoms with van der Waals surface area (Å²) in [7, 11) is 4.25. The van der Waals surface area contributed by atoms with Gasteiger partial charge in [0.15, 0.2) is 0 Å². The van der Waals surface area contributed by atoms with Gasteiger partial charge in [0.1, 0.15) is 11.6 Å². The second-order valence-electron chi connectivity index (χ2n) is 8.57. The molecule has 1 aliphatic carbocycles. The molecule has 0 radical (unpaired) electrons. The number of rotatable bonds is 6. The molecule has 3 aromatic rings. The topological polar surface area (TPSA) is 42.2 Å². The molecular formula is C25H26ClF2N3O. The van der Waals surface area contributed by atoms with Gasteiger partial charge in [0.2, 0.25) is 5.82 Å². The van der Waals surface area contributed by atoms with Crippen molar-refractivity contribution in [2.24, 2.45) is 11.8 Å². The van der Waals surface area contributed by atoms with E-state index in [-0.39, 0.29) is 11.4 Å². The summed E-state index contributed by atoms with van der Waals surface area (Å²) in [5.41, 5.74) is 1.41. The van der Waals surface area contributed by atoms with Crippen LogP contribution in [-0.4, -0.2) is 29.1 Å². The second kappa shape index (κ2) is 9.92. The monoisotopic (exact) mass is 457 g/mol. The molecule has 0 bridgehead atoms. The van der Waals surface area contributed by atoms with Gasteiger partial charge in [-0.05, 0) is 87.5 Å². The summed E-state index contributed by atoms with van der Waals surface area (Å²) >= 11 is 6.06. The van der Waals surface area contributed by atoms with Crippen molar-refractivity contribution < 1.29 is 13.3 Å². The summed E-state index contributed by atoms with van der Waals surface area (Å²) < 4.78 is 32.3. The van der Waals surface area contributed by atoms with Crippen LogP contribution in [0, 0.1) is 23.5 Å². The number of allylic oxidation sites excluding steroid dienone is 1. The highest BCUT2D eigenvalue weighted by Crippen LogP contribution is 2.40. The SMILES string of the molecule is CN(C)C(c1ccc(Cl)cc1)C1CCC(C=Cc2nc(-c3ccc(F)cc3F)no2)CC1. The minimum absolute atomic E-state index is 0.114. The van der Waals surface area contributed by atoms with E-state index in [9.17, 15) is 8.78 Å². The molecule has 168 valence electrons. The van der Waals surface area contributed by atoms with Gasteiger partial charge in [-0.15, -0.1) is 0 Å². The Balaban J connectivity index is 1.37. The van der Waals surface area contributed by atoms with Crippen LogP contribution < -0.4 is 0 Å². The van der Waals surface area contributed by atoms with Crippen LogP contribution in [-0.2, 0) is 0 Å². The van der Waals surface area contributed by atoms with Gasteiger partial charge in [-0.1, -0.05) is 35.0 Å². The zero-order valence-corrected chi connectivity index (χ0v) is 18.9. The standard InChI is InChI=1S/C25H26ClF2N3O/c1-31(2)24(18-8-10-19(26)11-9-18)17-6-3-16(4-7-17)5-14-23-29-25(30-32-23)21-13-12-20(27)15-22(21)28/h5,8-17,24H,3-4,6-7H2,1-2H3. The summed E-state index contributed by atoms with van der Waals surface area (Å²) in [6.07, 6.45) is 8.29. The maximum absolute atomic E-state index is 13.9. The average molecular weight is 458 g/mol. The van der Waals surface area contributed by atoms with Crippen molar-refractivity contribution in [2.75, 3.05) is 14.1 Å². The predicted molar refractivity (Wildman–Crippen MR) is 122 cm³/mol. The number of aromatic nitrogens is 2. The van der Waals surface area contributed by atoms with Crippen LogP contribution in [0.1, 0.15) is 43.2 Å². The van der Waals surface area contributed by atoms with Crippen molar-refractivity contribution in [2.45, 2.75) is 31.7 Å². The molecule has 2 aromatic carbocycles. The van der Waals surface area contributed by atoms with Crippen LogP contribution in [0.25, 0.3) is 17.5 Å². The Labute approximate surface area is 191 Å². The minimum Gasteiger partial charge on any atom is -0.334 e. The highest BCUT2D eigenvalue weighted by Gasteiger charge is 2.29. The number of hydrogen-bond donors (Lipinski definition) is 0. The van der Waals surface area contributed by atoms with Gasteiger partial charge in [0.25, 0.3) is 5.89 Å². The fraction of sp³-hybridized carbons (Fsp3) is 0.360. The molecule has 0 spiro atoms. The third-order valence-corrected chi connectivity index (χ3v) is 6.41. The Morgan fingerprint density at radius 2 is 1.78 bits per heavy atom. The van der Waals surface area contributed by atoms with Crippen molar-refractivity contribution in [3.05, 3.63) is 76.7 Å². The third-order valence-electron chi connectivity index (χ3n) is 6.16. The Bertz CT molecular complexity index is 1070. The van der Waals surface area contributed by atoms with Crippen molar-refractivity contribution in [1.29, 1.82) is 0 Å². The van der Waals surface area contributed by atoms with E-state index in [0.717, 1.165) is 36.8 Å². The summed E-state index contributed by atoms with van der Waals surface area (Å²) in [5, 5.41) is 4.58. The molecule has 1 fully saturated rings. The fourth-order valence-electron chi connectivity index (χ4n) is 4.61. The van der Waals surface area contributed by atoms with Crippen LogP contribution in [0.3, 0.4) is 0 Å². The van der Waals surface area contributed by atoms with E-state index in [1.807, 2.05) is 12.1 Å². The predicted octanol–water partition coefficient (Wildman–Crippen LogP) is 6.79. The van der Waals surface area contributed by atoms with Crippen LogP contribution in [0.15, 0.2) is 53.1 Å². The molecule has 0 amide bonds. The van der Waals surface area contributed by atoms with E-state index in [2.05, 4.69) is 47.3 Å². The fourth-order valence-corrected chi connectivity index (χ4v) is 4.73. The Morgan fingerprint density at radius 1 is 1.06 bits per heavy atom. The quantitative estimate of drug-likeness (QED) is 0.408. The van der Waals surface area contributed by atoms with E-state index in [0.29, 0.717) is 23.8 Å². The lowest BCUT2D eigenvalue weighted by Gasteiger charge is -2.37. The van der Waals surface area contributed by atoms with Gasteiger partial charge in [0.05, 0.1) is 5.56 Å². The van der Waals surface area contributed by atoms with Gasteiger partial charge >= 0.3 is 0 Å². The minimum atomic E-state index is -0.712. The van der Waals surface area contributed by atoms with E-state index < -0.39 is 11.6 Å². The van der Waals surface area contributed by atoms with Crippen LogP contribution in [0.4, 0.5) is 8.78 Å². The maximum Gasteiger partial charge on any atom is 0.250 e. The first-order chi connectivity index (χ1) is 15.4. The van der Waals surface area contributed by atoms with Gasteiger partial charge in [0, 0.05) is 17.1 Å². The van der Waals surface area contributed by atoms with Crippen molar-refractivity contribution in [3.63, 3.8) is 0 Å². The first-order valence-corrected chi connectivity index (χ1v) is 11.2. The number of nitrogens with zero attached hydrogens (tertiary/aromatic N) is 3. The molecule has 4 nitrogen and oxygen atoms in total. The van der Waals surface area contributed by atoms with Gasteiger partial charge < -0.3 is 9.42 Å². The molecule has 1 saturated carbocycles. The molecule has 1 heterocycles. The van der Waals surface area contributed by atoms with Gasteiger partial charge in [-0.25, -0.2) is 8.78 Å². The van der Waals surface area contributed by atoms with E-state index in [1.54, 1.807) is 6.08 Å². The van der Waals surface area contributed by atoms with Crippen LogP contribution in [0.5, 0.6) is 0 Å². The average Bonchev–Trinajstić information content (AvgIpc) is 3.23. The number of benzene rings is 2. The van der Waals surface area contributed by atoms with Crippen LogP contribution >= 0.6 is 11.6 Å². The largest absolute Gasteiger partial charge is 0.334 e. The summed E-state index contributed by atoms with van der Waals surface area (Å²) in [6, 6.07) is 11.8. The highest BCUT2D eigenvalue weighted by atomic mass is 35.5. The first-order valence-electron chi connectivity index (χ1n) is 10.8. The molecular weight excluding hydrogens is 432 g/mol. The molecule has 32 heavy (non-hydrogen) atoms. The summed E-state index contributed by atoms with van der Waals surface area (Å²) in [4.78, 5) is 6.51. The lowest BCUT2D eigenvalue weighted by molar-refractivity contribution is 0.159. The molecule has 7 heteroatoms. The van der Waals surface area contributed by atoms with Crippen molar-refractivity contribution in [1.82, 2.24) is 15.0 Å². The molecule has 1 atom stereocenters. The lowest BCUT2D eigenvalue weighted by Crippen LogP contribution is -2.30. The molecule has 4 rings (SSSR count). The van der Waals surface area contributed by atoms with Gasteiger partial charge in [-0.2, -0.15) is 4.98 Å². The summed E-state index contributed by atoms with van der Waals surface area (Å²) in [5.74, 6) is 0.0825. The van der Waals surface area contributed by atoms with E-state index in [1.165, 1.54) is 17.7 Å². The Kier molecular flexibility index (Phi) is 7.01. The maximum atomic E-state index is 13.9. The zero-order chi connectivity index (χ0) is 22.7. The lowest BCUT2D eigenvalue weighted by atomic mass is 9.76. The smallest absolute Gasteiger partial charge is 0.250 e. The van der Waals surface area contributed by atoms with Crippen molar-refractivity contribution >= 4 is 17.7 Å². The molecule has 1 unspecified atom stereocenters. The second-order valence-corrected chi connectivity index (χ2v) is 9.01. The first kappa shape index (κ1) is 22.6. The van der Waals surface area contributed by atoms with Crippen LogP contribution in [0.2, 0.25) is 5.02 Å². The molecule has 0 aliphatic heterocycles. The Hall–Kier alpha value is -2.57. The number of halogens is 3. The van der Waals surface area contributed by atoms with E-state index in [4.69, 9.17) is 16.1 Å². The molecule has 0 N–H and O–H groups in total. The van der Waals surface area contributed by atoms with E-state index >= 15 is 0 Å². The third kappa shape index (κ3) is 5.25. The normalized spacial score (nSPS) is 20.2. The van der Waals surface area contributed by atoms with Crippen molar-refractivity contribution in [3.8, 4) is 11.4 Å².